The van der Waals surface area contributed by atoms with E-state index in [0.717, 1.165) is 11.3 Å². The van der Waals surface area contributed by atoms with Crippen LogP contribution in [0.3, 0.4) is 0 Å². The van der Waals surface area contributed by atoms with E-state index in [0.29, 0.717) is 12.0 Å². The van der Waals surface area contributed by atoms with Crippen molar-refractivity contribution in [3.8, 4) is 0 Å². The summed E-state index contributed by atoms with van der Waals surface area (Å²) in [6.45, 7) is 1.82. The van der Waals surface area contributed by atoms with Crippen molar-refractivity contribution >= 4 is 11.3 Å². The molecule has 0 aliphatic heterocycles. The minimum Gasteiger partial charge on any atom is -0.388 e. The fourth-order valence-electron chi connectivity index (χ4n) is 0.763. The summed E-state index contributed by atoms with van der Waals surface area (Å²) in [5, 5.41) is 10.5. The van der Waals surface area contributed by atoms with E-state index in [1.54, 1.807) is 11.4 Å². The first-order chi connectivity index (χ1) is 4.75. The number of rotatable bonds is 2. The van der Waals surface area contributed by atoms with Gasteiger partial charge in [-0.1, -0.05) is 6.92 Å². The van der Waals surface area contributed by atoms with Crippen molar-refractivity contribution in [2.45, 2.75) is 19.4 Å². The Bertz CT molecular complexity index is 209. The number of thiophene rings is 1. The molecule has 1 aromatic rings. The molecule has 1 nitrogen and oxygen atoms in total. The molecular formula is C7H9FOS. The summed E-state index contributed by atoms with van der Waals surface area (Å²) < 4.78 is 12.6. The predicted molar refractivity (Wildman–Crippen MR) is 39.5 cm³/mol. The van der Waals surface area contributed by atoms with Crippen LogP contribution in [0.5, 0.6) is 0 Å². The second-order valence-electron chi connectivity index (χ2n) is 2.07. The molecule has 0 spiro atoms. The predicted octanol–water partition coefficient (Wildman–Crippen LogP) is 2.33. The summed E-state index contributed by atoms with van der Waals surface area (Å²) in [5.74, 6) is 0. The Morgan fingerprint density at radius 2 is 2.50 bits per heavy atom. The molecule has 1 rings (SSSR count). The van der Waals surface area contributed by atoms with Gasteiger partial charge in [-0.25, -0.2) is 0 Å². The molecule has 56 valence electrons. The highest BCUT2D eigenvalue weighted by atomic mass is 32.1. The second-order valence-corrected chi connectivity index (χ2v) is 2.94. The number of aliphatic hydroxyl groups excluding tert-OH is 1. The molecule has 0 saturated carbocycles. The first-order valence-corrected chi connectivity index (χ1v) is 4.04. The maximum atomic E-state index is 12.6. The number of hydrogen-bond donors (Lipinski definition) is 1. The minimum absolute atomic E-state index is 0.269. The molecule has 0 aliphatic rings. The zero-order valence-electron chi connectivity index (χ0n) is 5.67. The number of hydrogen-bond acceptors (Lipinski definition) is 2. The van der Waals surface area contributed by atoms with Crippen LogP contribution in [0.4, 0.5) is 4.39 Å². The molecule has 0 aromatic carbocycles. The van der Waals surface area contributed by atoms with Gasteiger partial charge in [-0.2, -0.15) is 4.39 Å². The van der Waals surface area contributed by atoms with Crippen LogP contribution in [0, 0.1) is 5.13 Å². The van der Waals surface area contributed by atoms with E-state index in [-0.39, 0.29) is 5.13 Å². The molecule has 0 aliphatic carbocycles. The van der Waals surface area contributed by atoms with Gasteiger partial charge in [0.1, 0.15) is 0 Å². The molecule has 1 aromatic heterocycles. The van der Waals surface area contributed by atoms with Crippen molar-refractivity contribution in [3.05, 3.63) is 22.1 Å². The Labute approximate surface area is 63.1 Å². The Hall–Kier alpha value is -0.410. The molecule has 0 saturated heterocycles. The van der Waals surface area contributed by atoms with E-state index in [1.165, 1.54) is 0 Å². The summed E-state index contributed by atoms with van der Waals surface area (Å²) in [4.78, 5) is 0. The Balaban J connectivity index is 2.82. The lowest BCUT2D eigenvalue weighted by Gasteiger charge is -2.03. The van der Waals surface area contributed by atoms with Crippen LogP contribution in [0.2, 0.25) is 0 Å². The smallest absolute Gasteiger partial charge is 0.182 e. The summed E-state index contributed by atoms with van der Waals surface area (Å²) in [5.41, 5.74) is 0.424. The quantitative estimate of drug-likeness (QED) is 0.704. The molecule has 1 atom stereocenters. The largest absolute Gasteiger partial charge is 0.388 e. The summed E-state index contributed by atoms with van der Waals surface area (Å²) in [7, 11) is 0. The van der Waals surface area contributed by atoms with Crippen LogP contribution in [-0.4, -0.2) is 5.11 Å². The lowest BCUT2D eigenvalue weighted by atomic mass is 10.1. The monoisotopic (exact) mass is 160 g/mol. The van der Waals surface area contributed by atoms with Crippen LogP contribution in [0.15, 0.2) is 11.4 Å². The molecular weight excluding hydrogens is 151 g/mol. The van der Waals surface area contributed by atoms with Crippen LogP contribution in [0.25, 0.3) is 0 Å². The van der Waals surface area contributed by atoms with E-state index < -0.39 is 6.10 Å². The summed E-state index contributed by atoms with van der Waals surface area (Å²) >= 11 is 1.02. The SMILES string of the molecule is CCC(O)c1ccsc1F. The van der Waals surface area contributed by atoms with Gasteiger partial charge in [0.2, 0.25) is 0 Å². The second kappa shape index (κ2) is 3.12. The fourth-order valence-corrected chi connectivity index (χ4v) is 1.44. The van der Waals surface area contributed by atoms with Gasteiger partial charge in [0.25, 0.3) is 0 Å². The van der Waals surface area contributed by atoms with Gasteiger partial charge in [0.05, 0.1) is 6.10 Å². The first-order valence-electron chi connectivity index (χ1n) is 3.16. The van der Waals surface area contributed by atoms with Crippen molar-refractivity contribution in [1.29, 1.82) is 0 Å². The molecule has 0 radical (unpaired) electrons. The lowest BCUT2D eigenvalue weighted by Crippen LogP contribution is -1.94. The van der Waals surface area contributed by atoms with Crippen molar-refractivity contribution in [1.82, 2.24) is 0 Å². The zero-order chi connectivity index (χ0) is 7.56. The molecule has 1 unspecified atom stereocenters. The molecule has 0 fully saturated rings. The van der Waals surface area contributed by atoms with Gasteiger partial charge in [-0.15, -0.1) is 11.3 Å². The molecule has 10 heavy (non-hydrogen) atoms. The van der Waals surface area contributed by atoms with Crippen molar-refractivity contribution < 1.29 is 9.50 Å². The maximum Gasteiger partial charge on any atom is 0.182 e. The van der Waals surface area contributed by atoms with E-state index >= 15 is 0 Å². The average molecular weight is 160 g/mol. The maximum absolute atomic E-state index is 12.6. The third kappa shape index (κ3) is 1.36. The molecule has 0 amide bonds. The van der Waals surface area contributed by atoms with E-state index in [9.17, 15) is 4.39 Å². The first kappa shape index (κ1) is 7.69. The standard InChI is InChI=1S/C7H9FOS/c1-2-6(9)5-3-4-10-7(5)8/h3-4,6,9H,2H2,1H3. The molecule has 0 bridgehead atoms. The third-order valence-corrected chi connectivity index (χ3v) is 2.11. The van der Waals surface area contributed by atoms with Crippen LogP contribution in [-0.2, 0) is 0 Å². The highest BCUT2D eigenvalue weighted by Gasteiger charge is 2.10. The van der Waals surface area contributed by atoms with Gasteiger partial charge in [-0.3, -0.25) is 0 Å². The van der Waals surface area contributed by atoms with E-state index in [4.69, 9.17) is 5.11 Å². The van der Waals surface area contributed by atoms with Gasteiger partial charge in [0, 0.05) is 5.56 Å². The topological polar surface area (TPSA) is 20.2 Å². The number of halogens is 1. The Kier molecular flexibility index (Phi) is 2.40. The lowest BCUT2D eigenvalue weighted by molar-refractivity contribution is 0.170. The highest BCUT2D eigenvalue weighted by molar-refractivity contribution is 7.08. The van der Waals surface area contributed by atoms with Crippen molar-refractivity contribution in [2.75, 3.05) is 0 Å². The summed E-state index contributed by atoms with van der Waals surface area (Å²) in [6, 6.07) is 1.62. The normalized spacial score (nSPS) is 13.5. The summed E-state index contributed by atoms with van der Waals surface area (Å²) in [6.07, 6.45) is -0.0700. The van der Waals surface area contributed by atoms with Gasteiger partial charge >= 0.3 is 0 Å². The van der Waals surface area contributed by atoms with E-state index in [1.807, 2.05) is 6.92 Å². The Morgan fingerprint density at radius 1 is 1.80 bits per heavy atom. The van der Waals surface area contributed by atoms with Crippen molar-refractivity contribution in [3.63, 3.8) is 0 Å². The number of aliphatic hydroxyl groups is 1. The average Bonchev–Trinajstić information content (AvgIpc) is 2.34. The third-order valence-electron chi connectivity index (χ3n) is 1.39. The molecule has 1 N–H and O–H groups in total. The Morgan fingerprint density at radius 3 is 2.90 bits per heavy atom. The fraction of sp³-hybridized carbons (Fsp3) is 0.429. The van der Waals surface area contributed by atoms with Crippen LogP contribution in [0.1, 0.15) is 25.0 Å². The molecule has 1 heterocycles. The van der Waals surface area contributed by atoms with Crippen LogP contribution >= 0.6 is 11.3 Å². The van der Waals surface area contributed by atoms with Crippen molar-refractivity contribution in [2.24, 2.45) is 0 Å². The minimum atomic E-state index is -0.633. The van der Waals surface area contributed by atoms with Gasteiger partial charge < -0.3 is 5.11 Å². The molecule has 3 heteroatoms. The zero-order valence-corrected chi connectivity index (χ0v) is 6.49. The van der Waals surface area contributed by atoms with Gasteiger partial charge in [0.15, 0.2) is 5.13 Å². The van der Waals surface area contributed by atoms with Gasteiger partial charge in [-0.05, 0) is 17.9 Å². The van der Waals surface area contributed by atoms with E-state index in [2.05, 4.69) is 0 Å². The van der Waals surface area contributed by atoms with Crippen LogP contribution < -0.4 is 0 Å². The highest BCUT2D eigenvalue weighted by Crippen LogP contribution is 2.23.